The van der Waals surface area contributed by atoms with Gasteiger partial charge in [-0.3, -0.25) is 9.79 Å². The standard InChI is InChI=1S/C13H22N2O2.C2H6/c1-4-11(5-2)12(14-6-3)13(16)15-7-9-17-10-8-15;1-2/h4H,5-10H2,1-3H3;1-2H3/b11-4-,14-12?;. The van der Waals surface area contributed by atoms with Gasteiger partial charge in [0.25, 0.3) is 5.91 Å². The molecular formula is C15H28N2O2. The van der Waals surface area contributed by atoms with Gasteiger partial charge in [0.1, 0.15) is 5.71 Å². The molecule has 110 valence electrons. The second-order valence-electron chi connectivity index (χ2n) is 3.89. The van der Waals surface area contributed by atoms with Crippen LogP contribution in [-0.2, 0) is 9.53 Å². The van der Waals surface area contributed by atoms with E-state index in [1.54, 1.807) is 0 Å². The molecule has 0 saturated carbocycles. The van der Waals surface area contributed by atoms with Crippen molar-refractivity contribution in [2.45, 2.75) is 41.0 Å². The quantitative estimate of drug-likeness (QED) is 0.736. The molecule has 4 nitrogen and oxygen atoms in total. The molecule has 0 spiro atoms. The van der Waals surface area contributed by atoms with Crippen molar-refractivity contribution < 1.29 is 9.53 Å². The first-order chi connectivity index (χ1) is 9.24. The molecule has 0 aromatic rings. The van der Waals surface area contributed by atoms with Gasteiger partial charge in [-0.1, -0.05) is 26.8 Å². The summed E-state index contributed by atoms with van der Waals surface area (Å²) in [5.74, 6) is 0.0464. The Kier molecular flexibility index (Phi) is 10.1. The summed E-state index contributed by atoms with van der Waals surface area (Å²) in [5, 5.41) is 0. The number of hydrogen-bond donors (Lipinski definition) is 0. The van der Waals surface area contributed by atoms with Crippen LogP contribution in [0.1, 0.15) is 41.0 Å². The number of ether oxygens (including phenoxy) is 1. The lowest BCUT2D eigenvalue weighted by Gasteiger charge is -2.27. The minimum absolute atomic E-state index is 0.0464. The fraction of sp³-hybridized carbons (Fsp3) is 0.733. The van der Waals surface area contributed by atoms with Crippen LogP contribution < -0.4 is 0 Å². The third-order valence-corrected chi connectivity index (χ3v) is 2.85. The number of hydrogen-bond acceptors (Lipinski definition) is 3. The van der Waals surface area contributed by atoms with Gasteiger partial charge in [0, 0.05) is 19.6 Å². The van der Waals surface area contributed by atoms with E-state index < -0.39 is 0 Å². The largest absolute Gasteiger partial charge is 0.378 e. The van der Waals surface area contributed by atoms with Crippen LogP contribution in [0.3, 0.4) is 0 Å². The Morgan fingerprint density at radius 1 is 1.26 bits per heavy atom. The number of rotatable bonds is 4. The third-order valence-electron chi connectivity index (χ3n) is 2.85. The first-order valence-electron chi connectivity index (χ1n) is 7.31. The number of carbonyl (C=O) groups excluding carboxylic acids is 1. The summed E-state index contributed by atoms with van der Waals surface area (Å²) in [4.78, 5) is 18.5. The van der Waals surface area contributed by atoms with E-state index in [1.165, 1.54) is 0 Å². The molecule has 1 fully saturated rings. The van der Waals surface area contributed by atoms with Crippen LogP contribution in [0.4, 0.5) is 0 Å². The van der Waals surface area contributed by atoms with Crippen molar-refractivity contribution >= 4 is 11.6 Å². The molecule has 4 heteroatoms. The Balaban J connectivity index is 0.00000154. The smallest absolute Gasteiger partial charge is 0.272 e. The molecule has 0 bridgehead atoms. The Morgan fingerprint density at radius 3 is 2.26 bits per heavy atom. The molecule has 1 aliphatic rings. The Morgan fingerprint density at radius 2 is 1.84 bits per heavy atom. The normalized spacial score (nSPS) is 16.8. The summed E-state index contributed by atoms with van der Waals surface area (Å²) in [6, 6.07) is 0. The number of amides is 1. The first-order valence-corrected chi connectivity index (χ1v) is 7.31. The van der Waals surface area contributed by atoms with Gasteiger partial charge in [-0.25, -0.2) is 0 Å². The molecule has 0 aromatic heterocycles. The number of carbonyl (C=O) groups is 1. The molecule has 0 N–H and O–H groups in total. The van der Waals surface area contributed by atoms with Crippen LogP contribution >= 0.6 is 0 Å². The van der Waals surface area contributed by atoms with E-state index in [0.29, 0.717) is 38.6 Å². The number of aliphatic imine (C=N–C) groups is 1. The lowest BCUT2D eigenvalue weighted by atomic mass is 10.1. The average Bonchev–Trinajstić information content (AvgIpc) is 2.50. The summed E-state index contributed by atoms with van der Waals surface area (Å²) in [6.07, 6.45) is 2.82. The molecule has 0 unspecified atom stereocenters. The van der Waals surface area contributed by atoms with E-state index in [4.69, 9.17) is 4.74 Å². The first kappa shape index (κ1) is 17.8. The maximum absolute atomic E-state index is 12.3. The molecule has 1 amide bonds. The SMILES string of the molecule is C/C=C(/CC)C(=NCC)C(=O)N1CCOCC1.CC. The molecule has 1 aliphatic heterocycles. The third kappa shape index (κ3) is 5.55. The Bertz CT molecular complexity index is 316. The second kappa shape index (κ2) is 10.7. The van der Waals surface area contributed by atoms with Crippen molar-refractivity contribution in [1.29, 1.82) is 0 Å². The maximum atomic E-state index is 12.3. The average molecular weight is 268 g/mol. The predicted molar refractivity (Wildman–Crippen MR) is 80.8 cm³/mol. The lowest BCUT2D eigenvalue weighted by molar-refractivity contribution is -0.127. The molecule has 19 heavy (non-hydrogen) atoms. The zero-order valence-corrected chi connectivity index (χ0v) is 13.0. The zero-order chi connectivity index (χ0) is 14.7. The fourth-order valence-corrected chi connectivity index (χ4v) is 1.89. The predicted octanol–water partition coefficient (Wildman–Crippen LogP) is 2.69. The molecule has 1 rings (SSSR count). The van der Waals surface area contributed by atoms with Crippen LogP contribution in [0.2, 0.25) is 0 Å². The molecule has 0 aromatic carbocycles. The monoisotopic (exact) mass is 268 g/mol. The van der Waals surface area contributed by atoms with Gasteiger partial charge < -0.3 is 9.64 Å². The summed E-state index contributed by atoms with van der Waals surface area (Å²) in [5.41, 5.74) is 1.66. The minimum atomic E-state index is 0.0464. The van der Waals surface area contributed by atoms with Crippen LogP contribution in [0.25, 0.3) is 0 Å². The van der Waals surface area contributed by atoms with Gasteiger partial charge in [0.05, 0.1) is 13.2 Å². The fourth-order valence-electron chi connectivity index (χ4n) is 1.89. The van der Waals surface area contributed by atoms with E-state index >= 15 is 0 Å². The molecule has 1 heterocycles. The van der Waals surface area contributed by atoms with Gasteiger partial charge in [-0.15, -0.1) is 0 Å². The van der Waals surface area contributed by atoms with Gasteiger partial charge >= 0.3 is 0 Å². The minimum Gasteiger partial charge on any atom is -0.378 e. The van der Waals surface area contributed by atoms with Crippen molar-refractivity contribution in [1.82, 2.24) is 4.90 Å². The lowest BCUT2D eigenvalue weighted by Crippen LogP contribution is -2.44. The van der Waals surface area contributed by atoms with E-state index in [-0.39, 0.29) is 5.91 Å². The molecular weight excluding hydrogens is 240 g/mol. The van der Waals surface area contributed by atoms with Gasteiger partial charge in [-0.2, -0.15) is 0 Å². The molecule has 1 saturated heterocycles. The highest BCUT2D eigenvalue weighted by Gasteiger charge is 2.23. The number of nitrogens with zero attached hydrogens (tertiary/aromatic N) is 2. The molecule has 0 radical (unpaired) electrons. The highest BCUT2D eigenvalue weighted by molar-refractivity contribution is 6.45. The Labute approximate surface area is 117 Å². The van der Waals surface area contributed by atoms with Crippen molar-refractivity contribution in [3.8, 4) is 0 Å². The van der Waals surface area contributed by atoms with Crippen molar-refractivity contribution in [2.75, 3.05) is 32.8 Å². The Hall–Kier alpha value is -1.16. The zero-order valence-electron chi connectivity index (χ0n) is 13.0. The summed E-state index contributed by atoms with van der Waals surface area (Å²) >= 11 is 0. The van der Waals surface area contributed by atoms with E-state index in [9.17, 15) is 4.79 Å². The topological polar surface area (TPSA) is 41.9 Å². The van der Waals surface area contributed by atoms with Crippen molar-refractivity contribution in [3.63, 3.8) is 0 Å². The summed E-state index contributed by atoms with van der Waals surface area (Å²) in [6.45, 7) is 13.2. The number of morpholine rings is 1. The number of allylic oxidation sites excluding steroid dienone is 1. The highest BCUT2D eigenvalue weighted by atomic mass is 16.5. The van der Waals surface area contributed by atoms with E-state index in [0.717, 1.165) is 12.0 Å². The van der Waals surface area contributed by atoms with Crippen LogP contribution in [0.15, 0.2) is 16.6 Å². The van der Waals surface area contributed by atoms with Crippen LogP contribution in [0.5, 0.6) is 0 Å². The van der Waals surface area contributed by atoms with E-state index in [2.05, 4.69) is 4.99 Å². The van der Waals surface area contributed by atoms with Gasteiger partial charge in [-0.05, 0) is 25.8 Å². The van der Waals surface area contributed by atoms with Crippen molar-refractivity contribution in [3.05, 3.63) is 11.6 Å². The van der Waals surface area contributed by atoms with Crippen LogP contribution in [0, 0.1) is 0 Å². The summed E-state index contributed by atoms with van der Waals surface area (Å²) in [7, 11) is 0. The van der Waals surface area contributed by atoms with Crippen molar-refractivity contribution in [2.24, 2.45) is 4.99 Å². The van der Waals surface area contributed by atoms with Gasteiger partial charge in [0.15, 0.2) is 0 Å². The highest BCUT2D eigenvalue weighted by Crippen LogP contribution is 2.09. The van der Waals surface area contributed by atoms with Crippen LogP contribution in [-0.4, -0.2) is 49.4 Å². The second-order valence-corrected chi connectivity index (χ2v) is 3.89. The van der Waals surface area contributed by atoms with E-state index in [1.807, 2.05) is 45.6 Å². The summed E-state index contributed by atoms with van der Waals surface area (Å²) < 4.78 is 5.25. The molecule has 0 aliphatic carbocycles. The maximum Gasteiger partial charge on any atom is 0.272 e. The van der Waals surface area contributed by atoms with Gasteiger partial charge in [0.2, 0.25) is 0 Å². The molecule has 0 atom stereocenters.